The van der Waals surface area contributed by atoms with Crippen molar-refractivity contribution in [3.05, 3.63) is 95.1 Å². The summed E-state index contributed by atoms with van der Waals surface area (Å²) in [6.45, 7) is 1.98. The van der Waals surface area contributed by atoms with Gasteiger partial charge >= 0.3 is 0 Å². The van der Waals surface area contributed by atoms with Gasteiger partial charge in [0.2, 0.25) is 10.0 Å². The summed E-state index contributed by atoms with van der Waals surface area (Å²) in [5, 5.41) is 2.50. The lowest BCUT2D eigenvalue weighted by Gasteiger charge is -2.20. The molecular weight excluding hydrogens is 400 g/mol. The highest BCUT2D eigenvalue weighted by atomic mass is 32.2. The van der Waals surface area contributed by atoms with Gasteiger partial charge in [-0.05, 0) is 36.2 Å². The van der Waals surface area contributed by atoms with Crippen LogP contribution < -0.4 is 14.8 Å². The van der Waals surface area contributed by atoms with Crippen LogP contribution in [0.5, 0.6) is 5.75 Å². The maximum Gasteiger partial charge on any atom is 0.254 e. The number of hydrogen-bond acceptors (Lipinski definition) is 4. The lowest BCUT2D eigenvalue weighted by atomic mass is 9.99. The van der Waals surface area contributed by atoms with Crippen molar-refractivity contribution in [1.82, 2.24) is 10.0 Å². The largest absolute Gasteiger partial charge is 0.496 e. The number of rotatable bonds is 7. The van der Waals surface area contributed by atoms with Crippen molar-refractivity contribution < 1.29 is 17.9 Å². The summed E-state index contributed by atoms with van der Waals surface area (Å²) in [4.78, 5) is 12.1. The molecule has 0 fully saturated rings. The molecule has 0 spiro atoms. The van der Waals surface area contributed by atoms with E-state index in [1.54, 1.807) is 0 Å². The molecular formula is C23H24N2O4S. The van der Waals surface area contributed by atoms with E-state index >= 15 is 0 Å². The molecule has 0 saturated carbocycles. The molecule has 1 atom stereocenters. The number of carbonyl (C=O) groups is 1. The first kappa shape index (κ1) is 21.5. The number of sulfonamides is 1. The first-order valence-electron chi connectivity index (χ1n) is 9.39. The monoisotopic (exact) mass is 424 g/mol. The Bertz CT molecular complexity index is 1130. The van der Waals surface area contributed by atoms with Gasteiger partial charge in [0.15, 0.2) is 0 Å². The molecule has 156 valence electrons. The summed E-state index contributed by atoms with van der Waals surface area (Å²) in [5.41, 5.74) is 2.86. The summed E-state index contributed by atoms with van der Waals surface area (Å²) in [5.74, 6) is -0.131. The van der Waals surface area contributed by atoms with Crippen molar-refractivity contribution in [2.75, 3.05) is 14.2 Å². The highest BCUT2D eigenvalue weighted by molar-refractivity contribution is 7.89. The minimum absolute atomic E-state index is 0.0186. The van der Waals surface area contributed by atoms with Gasteiger partial charge in [0, 0.05) is 7.05 Å². The van der Waals surface area contributed by atoms with Crippen LogP contribution in [0.15, 0.2) is 77.7 Å². The van der Waals surface area contributed by atoms with Gasteiger partial charge in [0.1, 0.15) is 5.75 Å². The van der Waals surface area contributed by atoms with Crippen LogP contribution >= 0.6 is 0 Å². The van der Waals surface area contributed by atoms with Gasteiger partial charge < -0.3 is 10.1 Å². The fourth-order valence-corrected chi connectivity index (χ4v) is 4.36. The average Bonchev–Trinajstić information content (AvgIpc) is 2.77. The molecule has 2 N–H and O–H groups in total. The molecule has 7 heteroatoms. The van der Waals surface area contributed by atoms with E-state index in [1.807, 2.05) is 61.5 Å². The molecule has 0 aliphatic carbocycles. The Labute approximate surface area is 177 Å². The second kappa shape index (κ2) is 9.11. The van der Waals surface area contributed by atoms with E-state index < -0.39 is 22.0 Å². The van der Waals surface area contributed by atoms with Gasteiger partial charge in [-0.2, -0.15) is 4.72 Å². The lowest BCUT2D eigenvalue weighted by Crippen LogP contribution is -2.30. The number of nitrogens with one attached hydrogen (secondary N) is 2. The minimum atomic E-state index is -3.94. The van der Waals surface area contributed by atoms with Crippen LogP contribution in [-0.2, 0) is 10.0 Å². The highest BCUT2D eigenvalue weighted by Crippen LogP contribution is 2.27. The van der Waals surface area contributed by atoms with E-state index in [2.05, 4.69) is 10.0 Å². The van der Waals surface area contributed by atoms with Gasteiger partial charge in [0.25, 0.3) is 5.91 Å². The number of hydrogen-bond donors (Lipinski definition) is 2. The summed E-state index contributed by atoms with van der Waals surface area (Å²) in [6, 6.07) is 20.7. The number of amides is 1. The zero-order valence-electron chi connectivity index (χ0n) is 17.0. The molecule has 0 aromatic heterocycles. The van der Waals surface area contributed by atoms with E-state index in [-0.39, 0.29) is 10.5 Å². The molecule has 0 unspecified atom stereocenters. The van der Waals surface area contributed by atoms with Gasteiger partial charge in [-0.3, -0.25) is 4.79 Å². The Hall–Kier alpha value is -3.16. The van der Waals surface area contributed by atoms with Gasteiger partial charge in [-0.15, -0.1) is 0 Å². The summed E-state index contributed by atoms with van der Waals surface area (Å²) < 4.78 is 34.4. The molecule has 30 heavy (non-hydrogen) atoms. The fraction of sp³-hybridized carbons (Fsp3) is 0.174. The Morgan fingerprint density at radius 3 is 2.17 bits per heavy atom. The smallest absolute Gasteiger partial charge is 0.254 e. The van der Waals surface area contributed by atoms with Crippen LogP contribution in [0.2, 0.25) is 0 Å². The molecule has 0 radical (unpaired) electrons. The number of methoxy groups -OCH3 is 1. The van der Waals surface area contributed by atoms with Crippen LogP contribution in [0.25, 0.3) is 0 Å². The zero-order valence-corrected chi connectivity index (χ0v) is 17.9. The molecule has 0 aliphatic heterocycles. The van der Waals surface area contributed by atoms with Crippen molar-refractivity contribution in [3.8, 4) is 5.75 Å². The van der Waals surface area contributed by atoms with Crippen LogP contribution in [0, 0.1) is 6.92 Å². The van der Waals surface area contributed by atoms with E-state index in [9.17, 15) is 13.2 Å². The molecule has 0 bridgehead atoms. The van der Waals surface area contributed by atoms with Crippen molar-refractivity contribution in [2.45, 2.75) is 17.9 Å². The third-order valence-electron chi connectivity index (χ3n) is 4.77. The number of aryl methyl sites for hydroxylation is 1. The van der Waals surface area contributed by atoms with Crippen molar-refractivity contribution in [3.63, 3.8) is 0 Å². The van der Waals surface area contributed by atoms with E-state index in [4.69, 9.17) is 4.74 Å². The zero-order chi connectivity index (χ0) is 21.7. The Morgan fingerprint density at radius 1 is 0.933 bits per heavy atom. The normalized spacial score (nSPS) is 12.2. The van der Waals surface area contributed by atoms with Crippen molar-refractivity contribution >= 4 is 15.9 Å². The molecule has 0 heterocycles. The lowest BCUT2D eigenvalue weighted by molar-refractivity contribution is 0.0960. The molecule has 0 saturated heterocycles. The van der Waals surface area contributed by atoms with E-state index in [0.29, 0.717) is 5.75 Å². The average molecular weight is 425 g/mol. The maximum absolute atomic E-state index is 13.2. The summed E-state index contributed by atoms with van der Waals surface area (Å²) in [7, 11) is -1.04. The van der Waals surface area contributed by atoms with Gasteiger partial charge in [-0.25, -0.2) is 8.42 Å². The maximum atomic E-state index is 13.2. The SMILES string of the molecule is CNC(=O)c1cc(S(=O)(=O)N[C@@H](c2ccccc2)c2ccc(C)cc2)ccc1OC. The molecule has 6 nitrogen and oxygen atoms in total. The molecule has 1 amide bonds. The molecule has 3 rings (SSSR count). The molecule has 0 aliphatic rings. The quantitative estimate of drug-likeness (QED) is 0.609. The predicted molar refractivity (Wildman–Crippen MR) is 116 cm³/mol. The first-order chi connectivity index (χ1) is 14.4. The topological polar surface area (TPSA) is 84.5 Å². The molecule has 3 aromatic carbocycles. The third-order valence-corrected chi connectivity index (χ3v) is 6.19. The van der Waals surface area contributed by atoms with Crippen LogP contribution in [0.3, 0.4) is 0 Å². The predicted octanol–water partition coefficient (Wildman–Crippen LogP) is 3.43. The Morgan fingerprint density at radius 2 is 1.57 bits per heavy atom. The van der Waals surface area contributed by atoms with E-state index in [1.165, 1.54) is 32.4 Å². The minimum Gasteiger partial charge on any atom is -0.496 e. The fourth-order valence-electron chi connectivity index (χ4n) is 3.12. The first-order valence-corrected chi connectivity index (χ1v) is 10.9. The van der Waals surface area contributed by atoms with Crippen LogP contribution in [-0.4, -0.2) is 28.5 Å². The highest BCUT2D eigenvalue weighted by Gasteiger charge is 2.25. The summed E-state index contributed by atoms with van der Waals surface area (Å²) >= 11 is 0. The van der Waals surface area contributed by atoms with Crippen LogP contribution in [0.1, 0.15) is 33.1 Å². The number of ether oxygens (including phenoxy) is 1. The third kappa shape index (κ3) is 4.69. The van der Waals surface area contributed by atoms with Gasteiger partial charge in [0.05, 0.1) is 23.6 Å². The van der Waals surface area contributed by atoms with Crippen LogP contribution in [0.4, 0.5) is 0 Å². The second-order valence-electron chi connectivity index (χ2n) is 6.82. The standard InChI is InChI=1S/C23H24N2O4S/c1-16-9-11-18(12-10-16)22(17-7-5-4-6-8-17)25-30(27,28)19-13-14-21(29-3)20(15-19)23(26)24-2/h4-15,22,25H,1-3H3,(H,24,26)/t22-/m0/s1. The Balaban J connectivity index is 2.04. The van der Waals surface area contributed by atoms with Crippen molar-refractivity contribution in [1.29, 1.82) is 0 Å². The Kier molecular flexibility index (Phi) is 6.54. The number of benzene rings is 3. The van der Waals surface area contributed by atoms with E-state index in [0.717, 1.165) is 16.7 Å². The van der Waals surface area contributed by atoms with Crippen molar-refractivity contribution in [2.24, 2.45) is 0 Å². The summed E-state index contributed by atoms with van der Waals surface area (Å²) in [6.07, 6.45) is 0. The molecule has 3 aromatic rings. The van der Waals surface area contributed by atoms with Gasteiger partial charge in [-0.1, -0.05) is 60.2 Å². The second-order valence-corrected chi connectivity index (χ2v) is 8.53. The number of carbonyl (C=O) groups excluding carboxylic acids is 1.